The Morgan fingerprint density at radius 1 is 1.38 bits per heavy atom. The third kappa shape index (κ3) is 1.98. The molecule has 1 aromatic carbocycles. The summed E-state index contributed by atoms with van der Waals surface area (Å²) >= 11 is 0. The Morgan fingerprint density at radius 2 is 2.19 bits per heavy atom. The van der Waals surface area contributed by atoms with Gasteiger partial charge in [0.05, 0.1) is 6.61 Å². The van der Waals surface area contributed by atoms with Crippen molar-refractivity contribution in [2.75, 3.05) is 6.61 Å². The van der Waals surface area contributed by atoms with Gasteiger partial charge in [-0.3, -0.25) is 0 Å². The van der Waals surface area contributed by atoms with E-state index in [1.54, 1.807) is 6.26 Å². The molecule has 0 saturated carbocycles. The summed E-state index contributed by atoms with van der Waals surface area (Å²) in [6.45, 7) is 6.44. The molecule has 0 amide bonds. The highest BCUT2D eigenvalue weighted by atomic mass is 16.5. The van der Waals surface area contributed by atoms with Gasteiger partial charge in [0.2, 0.25) is 0 Å². The van der Waals surface area contributed by atoms with Crippen molar-refractivity contribution in [3.05, 3.63) is 48.7 Å². The second kappa shape index (κ2) is 4.66. The Bertz CT molecular complexity index is 474. The highest BCUT2D eigenvalue weighted by molar-refractivity contribution is 5.75. The minimum Gasteiger partial charge on any atom is -0.494 e. The predicted molar refractivity (Wildman–Crippen MR) is 62.6 cm³/mol. The monoisotopic (exact) mass is 215 g/mol. The second-order valence-electron chi connectivity index (χ2n) is 3.29. The van der Waals surface area contributed by atoms with Gasteiger partial charge in [0.15, 0.2) is 0 Å². The zero-order valence-corrected chi connectivity index (χ0v) is 9.14. The highest BCUT2D eigenvalue weighted by Gasteiger charge is 2.10. The number of hydrogen-bond donors (Lipinski definition) is 0. The molecule has 0 spiro atoms. The predicted octanol–water partition coefficient (Wildman–Crippen LogP) is 3.35. The standard InChI is InChI=1S/C13H13NO2/c1-3-15-10(2)11-6-4-5-7-12(11)13-8-9-16-14-13/h4-9H,2-3H2,1H3. The molecule has 0 aliphatic rings. The maximum Gasteiger partial charge on any atom is 0.124 e. The van der Waals surface area contributed by atoms with E-state index in [-0.39, 0.29) is 0 Å². The van der Waals surface area contributed by atoms with Crippen LogP contribution >= 0.6 is 0 Å². The lowest BCUT2D eigenvalue weighted by Gasteiger charge is -2.10. The molecule has 0 fully saturated rings. The largest absolute Gasteiger partial charge is 0.494 e. The molecule has 1 aromatic heterocycles. The van der Waals surface area contributed by atoms with Crippen LogP contribution in [0.2, 0.25) is 0 Å². The van der Waals surface area contributed by atoms with Crippen LogP contribution in [-0.4, -0.2) is 11.8 Å². The molecule has 1 heterocycles. The van der Waals surface area contributed by atoms with E-state index in [0.29, 0.717) is 12.4 Å². The zero-order chi connectivity index (χ0) is 11.4. The first-order valence-corrected chi connectivity index (χ1v) is 5.14. The van der Waals surface area contributed by atoms with E-state index >= 15 is 0 Å². The third-order valence-electron chi connectivity index (χ3n) is 2.26. The maximum absolute atomic E-state index is 5.41. The fourth-order valence-corrected chi connectivity index (χ4v) is 1.55. The molecule has 3 nitrogen and oxygen atoms in total. The number of rotatable bonds is 4. The number of aromatic nitrogens is 1. The summed E-state index contributed by atoms with van der Waals surface area (Å²) in [6.07, 6.45) is 1.55. The van der Waals surface area contributed by atoms with Crippen LogP contribution in [0.15, 0.2) is 47.7 Å². The molecule has 0 bridgehead atoms. The summed E-state index contributed by atoms with van der Waals surface area (Å²) in [4.78, 5) is 0. The SMILES string of the molecule is C=C(OCC)c1ccccc1-c1ccon1. The molecule has 0 saturated heterocycles. The zero-order valence-electron chi connectivity index (χ0n) is 9.14. The molecule has 2 aromatic rings. The average Bonchev–Trinajstić information content (AvgIpc) is 2.83. The van der Waals surface area contributed by atoms with Gasteiger partial charge < -0.3 is 9.26 Å². The van der Waals surface area contributed by atoms with Gasteiger partial charge in [-0.25, -0.2) is 0 Å². The second-order valence-corrected chi connectivity index (χ2v) is 3.29. The molecule has 0 unspecified atom stereocenters. The molecule has 16 heavy (non-hydrogen) atoms. The van der Waals surface area contributed by atoms with E-state index in [2.05, 4.69) is 11.7 Å². The van der Waals surface area contributed by atoms with Crippen molar-refractivity contribution in [2.45, 2.75) is 6.92 Å². The quantitative estimate of drug-likeness (QED) is 0.733. The molecular formula is C13H13NO2. The Morgan fingerprint density at radius 3 is 2.88 bits per heavy atom. The minimum absolute atomic E-state index is 0.603. The molecular weight excluding hydrogens is 202 g/mol. The minimum atomic E-state index is 0.603. The fourth-order valence-electron chi connectivity index (χ4n) is 1.55. The molecule has 0 N–H and O–H groups in total. The van der Waals surface area contributed by atoms with Gasteiger partial charge in [-0.15, -0.1) is 0 Å². The van der Waals surface area contributed by atoms with E-state index < -0.39 is 0 Å². The van der Waals surface area contributed by atoms with Crippen LogP contribution in [0, 0.1) is 0 Å². The van der Waals surface area contributed by atoms with E-state index in [1.165, 1.54) is 0 Å². The van der Waals surface area contributed by atoms with Gasteiger partial charge in [-0.2, -0.15) is 0 Å². The van der Waals surface area contributed by atoms with E-state index in [4.69, 9.17) is 9.26 Å². The molecule has 0 radical (unpaired) electrons. The molecule has 0 aliphatic heterocycles. The molecule has 3 heteroatoms. The number of benzene rings is 1. The van der Waals surface area contributed by atoms with E-state index in [1.807, 2.05) is 37.3 Å². The first-order chi connectivity index (χ1) is 7.83. The van der Waals surface area contributed by atoms with Crippen molar-refractivity contribution in [1.82, 2.24) is 5.16 Å². The van der Waals surface area contributed by atoms with Crippen molar-refractivity contribution in [1.29, 1.82) is 0 Å². The first-order valence-electron chi connectivity index (χ1n) is 5.14. The summed E-state index contributed by atoms with van der Waals surface area (Å²) in [5.41, 5.74) is 2.70. The van der Waals surface area contributed by atoms with Crippen molar-refractivity contribution < 1.29 is 9.26 Å². The summed E-state index contributed by atoms with van der Waals surface area (Å²) in [7, 11) is 0. The average molecular weight is 215 g/mol. The molecule has 0 aliphatic carbocycles. The first kappa shape index (κ1) is 10.5. The van der Waals surface area contributed by atoms with Crippen molar-refractivity contribution >= 4 is 5.76 Å². The van der Waals surface area contributed by atoms with Crippen molar-refractivity contribution in [2.24, 2.45) is 0 Å². The summed E-state index contributed by atoms with van der Waals surface area (Å²) in [6, 6.07) is 9.65. The molecule has 82 valence electrons. The van der Waals surface area contributed by atoms with Crippen molar-refractivity contribution in [3.63, 3.8) is 0 Å². The molecule has 2 rings (SSSR count). The van der Waals surface area contributed by atoms with Gasteiger partial charge in [0.1, 0.15) is 17.7 Å². The van der Waals surface area contributed by atoms with Gasteiger partial charge in [0.25, 0.3) is 0 Å². The van der Waals surface area contributed by atoms with Gasteiger partial charge >= 0.3 is 0 Å². The van der Waals surface area contributed by atoms with Crippen molar-refractivity contribution in [3.8, 4) is 11.3 Å². The van der Waals surface area contributed by atoms with Gasteiger partial charge in [-0.1, -0.05) is 36.0 Å². The van der Waals surface area contributed by atoms with E-state index in [9.17, 15) is 0 Å². The summed E-state index contributed by atoms with van der Waals surface area (Å²) < 4.78 is 10.3. The Labute approximate surface area is 94.3 Å². The lowest BCUT2D eigenvalue weighted by molar-refractivity contribution is 0.299. The number of hydrogen-bond acceptors (Lipinski definition) is 3. The lowest BCUT2D eigenvalue weighted by Crippen LogP contribution is -1.93. The van der Waals surface area contributed by atoms with Crippen LogP contribution in [0.1, 0.15) is 12.5 Å². The topological polar surface area (TPSA) is 35.3 Å². The summed E-state index contributed by atoms with van der Waals surface area (Å²) in [5, 5.41) is 3.92. The van der Waals surface area contributed by atoms with Crippen LogP contribution in [0.25, 0.3) is 17.0 Å². The van der Waals surface area contributed by atoms with Crippen LogP contribution in [0.3, 0.4) is 0 Å². The number of nitrogens with zero attached hydrogens (tertiary/aromatic N) is 1. The van der Waals surface area contributed by atoms with Gasteiger partial charge in [-0.05, 0) is 6.92 Å². The summed E-state index contributed by atoms with van der Waals surface area (Å²) in [5.74, 6) is 0.654. The Kier molecular flexibility index (Phi) is 3.05. The Hall–Kier alpha value is -2.03. The van der Waals surface area contributed by atoms with Crippen LogP contribution < -0.4 is 0 Å². The smallest absolute Gasteiger partial charge is 0.124 e. The fraction of sp³-hybridized carbons (Fsp3) is 0.154. The lowest BCUT2D eigenvalue weighted by atomic mass is 10.0. The van der Waals surface area contributed by atoms with Gasteiger partial charge in [0, 0.05) is 17.2 Å². The van der Waals surface area contributed by atoms with Crippen LogP contribution in [0.5, 0.6) is 0 Å². The third-order valence-corrected chi connectivity index (χ3v) is 2.26. The normalized spacial score (nSPS) is 10.1. The molecule has 0 atom stereocenters. The highest BCUT2D eigenvalue weighted by Crippen LogP contribution is 2.27. The van der Waals surface area contributed by atoms with Crippen LogP contribution in [-0.2, 0) is 4.74 Å². The van der Waals surface area contributed by atoms with Crippen LogP contribution in [0.4, 0.5) is 0 Å². The maximum atomic E-state index is 5.41. The number of ether oxygens (including phenoxy) is 1. The van der Waals surface area contributed by atoms with E-state index in [0.717, 1.165) is 16.8 Å². The Balaban J connectivity index is 2.42.